The number of nitrogens with zero attached hydrogens (tertiary/aromatic N) is 1. The Labute approximate surface area is 230 Å². The second-order valence-corrected chi connectivity index (χ2v) is 15.9. The molecule has 5 aliphatic carbocycles. The van der Waals surface area contributed by atoms with E-state index in [1.165, 1.54) is 51.4 Å². The van der Waals surface area contributed by atoms with Crippen LogP contribution in [-0.2, 0) is 14.8 Å². The first-order valence-electron chi connectivity index (χ1n) is 15.2. The van der Waals surface area contributed by atoms with Gasteiger partial charge >= 0.3 is 0 Å². The number of ether oxygens (including phenoxy) is 1. The minimum Gasteiger partial charge on any atom is -0.381 e. The number of fused-ring (bicyclic) bond motifs is 4. The fraction of sp³-hybridized carbons (Fsp3) is 0.781. The van der Waals surface area contributed by atoms with E-state index in [4.69, 9.17) is 4.74 Å². The summed E-state index contributed by atoms with van der Waals surface area (Å²) in [5.41, 5.74) is 2.45. The molecule has 5 aliphatic rings. The Morgan fingerprint density at radius 2 is 1.87 bits per heavy atom. The van der Waals surface area contributed by atoms with Gasteiger partial charge in [-0.3, -0.25) is 0 Å². The maximum absolute atomic E-state index is 12.5. The molecular weight excluding hydrogens is 492 g/mol. The van der Waals surface area contributed by atoms with E-state index in [2.05, 4.69) is 30.7 Å². The van der Waals surface area contributed by atoms with Gasteiger partial charge in [0.05, 0.1) is 11.0 Å². The molecule has 5 nitrogen and oxygen atoms in total. The SMILES string of the molecule is CO[C@@H]1C[C@H]2[C@@H]3CC[C@H]([C@H](C)CC/C=N/NS(=O)(=O)c4ccc(C)cc4)[C@@]3(C)CC[C@@H]2[C@@]2(C)CC[C@@H]3C[C@]312. The van der Waals surface area contributed by atoms with Gasteiger partial charge in [-0.15, -0.1) is 0 Å². The van der Waals surface area contributed by atoms with Gasteiger partial charge in [0, 0.05) is 18.7 Å². The van der Waals surface area contributed by atoms with Crippen molar-refractivity contribution in [1.29, 1.82) is 0 Å². The summed E-state index contributed by atoms with van der Waals surface area (Å²) in [7, 11) is -1.62. The largest absolute Gasteiger partial charge is 0.381 e. The number of hydrogen-bond donors (Lipinski definition) is 1. The molecule has 38 heavy (non-hydrogen) atoms. The first-order valence-corrected chi connectivity index (χ1v) is 16.7. The van der Waals surface area contributed by atoms with Crippen molar-refractivity contribution < 1.29 is 13.2 Å². The van der Waals surface area contributed by atoms with Crippen molar-refractivity contribution in [2.24, 2.45) is 56.9 Å². The zero-order valence-electron chi connectivity index (χ0n) is 24.1. The molecule has 0 amide bonds. The highest BCUT2D eigenvalue weighted by Gasteiger charge is 2.77. The van der Waals surface area contributed by atoms with Gasteiger partial charge in [-0.25, -0.2) is 4.83 Å². The lowest BCUT2D eigenvalue weighted by Gasteiger charge is -2.61. The maximum Gasteiger partial charge on any atom is 0.276 e. The van der Waals surface area contributed by atoms with Crippen molar-refractivity contribution in [3.8, 4) is 0 Å². The Bertz CT molecular complexity index is 1180. The lowest BCUT2D eigenvalue weighted by Crippen LogP contribution is -2.57. The van der Waals surface area contributed by atoms with Crippen LogP contribution in [0, 0.1) is 58.7 Å². The molecule has 1 spiro atoms. The number of aryl methyl sites for hydroxylation is 1. The Kier molecular flexibility index (Phi) is 6.58. The number of hydrogen-bond acceptors (Lipinski definition) is 4. The van der Waals surface area contributed by atoms with Crippen molar-refractivity contribution in [2.45, 2.75) is 103 Å². The van der Waals surface area contributed by atoms with E-state index >= 15 is 0 Å². The highest BCUT2D eigenvalue weighted by Crippen LogP contribution is 2.82. The van der Waals surface area contributed by atoms with E-state index in [-0.39, 0.29) is 4.90 Å². The van der Waals surface area contributed by atoms with Crippen molar-refractivity contribution in [1.82, 2.24) is 4.83 Å². The van der Waals surface area contributed by atoms with Crippen molar-refractivity contribution >= 4 is 16.2 Å². The number of rotatable bonds is 8. The normalized spacial score (nSPS) is 44.2. The van der Waals surface area contributed by atoms with Crippen LogP contribution in [0.2, 0.25) is 0 Å². The van der Waals surface area contributed by atoms with Gasteiger partial charge in [0.15, 0.2) is 0 Å². The molecular formula is C32H48N2O3S. The van der Waals surface area contributed by atoms with E-state index in [9.17, 15) is 8.42 Å². The molecule has 0 unspecified atom stereocenters. The monoisotopic (exact) mass is 540 g/mol. The molecule has 1 aromatic carbocycles. The standard InChI is InChI=1S/C32H48N2O3S/c1-21-8-10-24(11-9-21)38(35,36)34-33-18-6-7-22(2)26-12-13-27-25-19-29(37-5)32-20-23(32)14-17-31(32,4)28(25)15-16-30(26,27)3/h8-11,18,22-23,25-29,34H,6-7,12-17,19-20H2,1-5H3/b33-18+/t22-,23-,25+,26-,27+,28+,29-,30-,31-,32+/m1/s1. The molecule has 0 saturated heterocycles. The minimum atomic E-state index is -3.61. The van der Waals surface area contributed by atoms with Gasteiger partial charge in [-0.05, 0) is 130 Å². The summed E-state index contributed by atoms with van der Waals surface area (Å²) in [5, 5.41) is 4.08. The second-order valence-electron chi connectivity index (χ2n) is 14.2. The maximum atomic E-state index is 12.5. The van der Waals surface area contributed by atoms with E-state index in [0.29, 0.717) is 28.3 Å². The van der Waals surface area contributed by atoms with Gasteiger partial charge < -0.3 is 4.74 Å². The van der Waals surface area contributed by atoms with Gasteiger partial charge in [0.25, 0.3) is 10.0 Å². The third kappa shape index (κ3) is 3.86. The average molecular weight is 541 g/mol. The number of hydrazone groups is 1. The summed E-state index contributed by atoms with van der Waals surface area (Å²) < 4.78 is 31.3. The summed E-state index contributed by atoms with van der Waals surface area (Å²) in [6, 6.07) is 6.86. The molecule has 5 saturated carbocycles. The summed E-state index contributed by atoms with van der Waals surface area (Å²) >= 11 is 0. The van der Waals surface area contributed by atoms with E-state index < -0.39 is 10.0 Å². The minimum absolute atomic E-state index is 0.252. The Balaban J connectivity index is 1.08. The average Bonchev–Trinajstić information content (AvgIpc) is 3.39. The van der Waals surface area contributed by atoms with E-state index in [0.717, 1.165) is 48.0 Å². The third-order valence-electron chi connectivity index (χ3n) is 12.9. The first kappa shape index (κ1) is 26.8. The van der Waals surface area contributed by atoms with Crippen molar-refractivity contribution in [3.63, 3.8) is 0 Å². The highest BCUT2D eigenvalue weighted by atomic mass is 32.2. The number of sulfonamides is 1. The van der Waals surface area contributed by atoms with Crippen LogP contribution in [0.4, 0.5) is 0 Å². The van der Waals surface area contributed by atoms with Crippen molar-refractivity contribution in [3.05, 3.63) is 29.8 Å². The van der Waals surface area contributed by atoms with Gasteiger partial charge in [0.1, 0.15) is 0 Å². The summed E-state index contributed by atoms with van der Waals surface area (Å²) in [6.07, 6.45) is 15.2. The lowest BCUT2D eigenvalue weighted by atomic mass is 9.45. The Morgan fingerprint density at radius 1 is 1.11 bits per heavy atom. The molecule has 6 heteroatoms. The summed E-state index contributed by atoms with van der Waals surface area (Å²) in [5.74, 6) is 4.84. The highest BCUT2D eigenvalue weighted by molar-refractivity contribution is 7.89. The second kappa shape index (κ2) is 9.33. The van der Waals surface area contributed by atoms with Gasteiger partial charge in [-0.2, -0.15) is 13.5 Å². The molecule has 0 heterocycles. The first-order chi connectivity index (χ1) is 18.1. The van der Waals surface area contributed by atoms with Crippen LogP contribution in [0.25, 0.3) is 0 Å². The zero-order valence-corrected chi connectivity index (χ0v) is 24.9. The van der Waals surface area contributed by atoms with Gasteiger partial charge in [-0.1, -0.05) is 38.5 Å². The van der Waals surface area contributed by atoms with Gasteiger partial charge in [0.2, 0.25) is 0 Å². The molecule has 6 rings (SSSR count). The fourth-order valence-electron chi connectivity index (χ4n) is 11.0. The van der Waals surface area contributed by atoms with Crippen LogP contribution in [0.5, 0.6) is 0 Å². The fourth-order valence-corrected chi connectivity index (χ4v) is 11.8. The molecule has 10 atom stereocenters. The zero-order chi connectivity index (χ0) is 26.9. The van der Waals surface area contributed by atoms with Crippen LogP contribution in [0.15, 0.2) is 34.3 Å². The number of benzene rings is 1. The summed E-state index contributed by atoms with van der Waals surface area (Å²) in [6.45, 7) is 9.65. The van der Waals surface area contributed by atoms with Crippen LogP contribution >= 0.6 is 0 Å². The Morgan fingerprint density at radius 3 is 2.58 bits per heavy atom. The molecule has 5 fully saturated rings. The molecule has 0 bridgehead atoms. The molecule has 210 valence electrons. The van der Waals surface area contributed by atoms with E-state index in [1.54, 1.807) is 30.5 Å². The van der Waals surface area contributed by atoms with Crippen LogP contribution < -0.4 is 4.83 Å². The van der Waals surface area contributed by atoms with Crippen LogP contribution in [-0.4, -0.2) is 27.8 Å². The lowest BCUT2D eigenvalue weighted by molar-refractivity contribution is -0.161. The molecule has 0 radical (unpaired) electrons. The van der Waals surface area contributed by atoms with Crippen LogP contribution in [0.1, 0.15) is 90.5 Å². The molecule has 0 aliphatic heterocycles. The molecule has 1 N–H and O–H groups in total. The third-order valence-corrected chi connectivity index (χ3v) is 14.2. The van der Waals surface area contributed by atoms with Crippen LogP contribution in [0.3, 0.4) is 0 Å². The molecule has 1 aromatic rings. The topological polar surface area (TPSA) is 67.8 Å². The van der Waals surface area contributed by atoms with E-state index in [1.807, 2.05) is 14.0 Å². The quantitative estimate of drug-likeness (QED) is 0.286. The predicted molar refractivity (Wildman–Crippen MR) is 152 cm³/mol. The number of methoxy groups -OCH3 is 1. The van der Waals surface area contributed by atoms with Crippen molar-refractivity contribution in [2.75, 3.05) is 7.11 Å². The smallest absolute Gasteiger partial charge is 0.276 e. The Hall–Kier alpha value is -1.40. The molecule has 0 aromatic heterocycles. The predicted octanol–water partition coefficient (Wildman–Crippen LogP) is 6.96. The number of nitrogens with one attached hydrogen (secondary N) is 1. The summed E-state index contributed by atoms with van der Waals surface area (Å²) in [4.78, 5) is 2.64.